The van der Waals surface area contributed by atoms with Crippen LogP contribution in [0.5, 0.6) is 0 Å². The molecular weight excluding hydrogens is 312 g/mol. The van der Waals surface area contributed by atoms with Crippen molar-refractivity contribution in [2.75, 3.05) is 18.8 Å². The SMILES string of the molecule is Cl.O=S(CC1CCNC1)c1cccc(Br)n1. The van der Waals surface area contributed by atoms with Crippen LogP contribution in [0.15, 0.2) is 27.8 Å². The predicted molar refractivity (Wildman–Crippen MR) is 71.4 cm³/mol. The summed E-state index contributed by atoms with van der Waals surface area (Å²) in [6.45, 7) is 2.04. The molecule has 16 heavy (non-hydrogen) atoms. The first-order valence-corrected chi connectivity index (χ1v) is 7.08. The molecule has 0 bridgehead atoms. The van der Waals surface area contributed by atoms with E-state index < -0.39 is 10.8 Å². The average molecular weight is 326 g/mol. The maximum Gasteiger partial charge on any atom is 0.128 e. The van der Waals surface area contributed by atoms with Crippen LogP contribution >= 0.6 is 28.3 Å². The molecule has 2 atom stereocenters. The zero-order chi connectivity index (χ0) is 10.7. The monoisotopic (exact) mass is 324 g/mol. The highest BCUT2D eigenvalue weighted by atomic mass is 79.9. The molecule has 2 rings (SSSR count). The van der Waals surface area contributed by atoms with Crippen LogP contribution in [-0.4, -0.2) is 28.0 Å². The van der Waals surface area contributed by atoms with Gasteiger partial charge in [0, 0.05) is 5.75 Å². The van der Waals surface area contributed by atoms with Gasteiger partial charge in [-0.2, -0.15) is 0 Å². The van der Waals surface area contributed by atoms with E-state index in [0.717, 1.165) is 29.9 Å². The highest BCUT2D eigenvalue weighted by Gasteiger charge is 2.18. The molecular formula is C10H14BrClN2OS. The Kier molecular flexibility index (Phi) is 5.89. The van der Waals surface area contributed by atoms with Gasteiger partial charge >= 0.3 is 0 Å². The van der Waals surface area contributed by atoms with Crippen molar-refractivity contribution < 1.29 is 4.21 Å². The van der Waals surface area contributed by atoms with E-state index in [1.807, 2.05) is 18.2 Å². The summed E-state index contributed by atoms with van der Waals surface area (Å²) in [6.07, 6.45) is 1.12. The minimum Gasteiger partial charge on any atom is -0.316 e. The molecule has 2 unspecified atom stereocenters. The van der Waals surface area contributed by atoms with Gasteiger partial charge in [-0.05, 0) is 53.5 Å². The van der Waals surface area contributed by atoms with Crippen molar-refractivity contribution in [1.29, 1.82) is 0 Å². The molecule has 0 amide bonds. The smallest absolute Gasteiger partial charge is 0.128 e. The molecule has 0 spiro atoms. The van der Waals surface area contributed by atoms with Crippen molar-refractivity contribution in [2.45, 2.75) is 11.4 Å². The molecule has 1 aliphatic heterocycles. The van der Waals surface area contributed by atoms with Crippen LogP contribution in [0.3, 0.4) is 0 Å². The van der Waals surface area contributed by atoms with Crippen LogP contribution in [0.4, 0.5) is 0 Å². The summed E-state index contributed by atoms with van der Waals surface area (Å²) in [7, 11) is -0.965. The Labute approximate surface area is 112 Å². The molecule has 1 aromatic heterocycles. The maximum absolute atomic E-state index is 12.0. The summed E-state index contributed by atoms with van der Waals surface area (Å²) in [4.78, 5) is 4.21. The number of hydrogen-bond acceptors (Lipinski definition) is 3. The van der Waals surface area contributed by atoms with Gasteiger partial charge in [-0.3, -0.25) is 4.21 Å². The molecule has 1 aliphatic rings. The van der Waals surface area contributed by atoms with Gasteiger partial charge in [0.2, 0.25) is 0 Å². The van der Waals surface area contributed by atoms with E-state index in [4.69, 9.17) is 0 Å². The molecule has 0 radical (unpaired) electrons. The standard InChI is InChI=1S/C10H13BrN2OS.ClH/c11-9-2-1-3-10(13-9)15(14)7-8-4-5-12-6-8;/h1-3,8,12H,4-7H2;1H. The highest BCUT2D eigenvalue weighted by molar-refractivity contribution is 9.10. The van der Waals surface area contributed by atoms with E-state index in [2.05, 4.69) is 26.2 Å². The Morgan fingerprint density at radius 2 is 2.38 bits per heavy atom. The molecule has 90 valence electrons. The van der Waals surface area contributed by atoms with Gasteiger partial charge in [-0.25, -0.2) is 4.98 Å². The van der Waals surface area contributed by atoms with Crippen molar-refractivity contribution in [2.24, 2.45) is 5.92 Å². The molecule has 1 N–H and O–H groups in total. The molecule has 0 saturated carbocycles. The third kappa shape index (κ3) is 3.80. The normalized spacial score (nSPS) is 21.4. The molecule has 1 aromatic rings. The topological polar surface area (TPSA) is 42.0 Å². The van der Waals surface area contributed by atoms with Crippen LogP contribution in [0, 0.1) is 5.92 Å². The molecule has 1 fully saturated rings. The van der Waals surface area contributed by atoms with Crippen molar-refractivity contribution in [1.82, 2.24) is 10.3 Å². The second-order valence-electron chi connectivity index (χ2n) is 3.67. The second kappa shape index (κ2) is 6.69. The van der Waals surface area contributed by atoms with E-state index in [1.165, 1.54) is 0 Å². The summed E-state index contributed by atoms with van der Waals surface area (Å²) in [5, 5.41) is 3.95. The number of nitrogens with one attached hydrogen (secondary N) is 1. The minimum absolute atomic E-state index is 0. The van der Waals surface area contributed by atoms with Crippen molar-refractivity contribution in [3.8, 4) is 0 Å². The Bertz CT molecular complexity index is 372. The fraction of sp³-hybridized carbons (Fsp3) is 0.500. The number of pyridine rings is 1. The fourth-order valence-corrected chi connectivity index (χ4v) is 3.45. The summed E-state index contributed by atoms with van der Waals surface area (Å²) in [5.74, 6) is 1.25. The van der Waals surface area contributed by atoms with E-state index >= 15 is 0 Å². The van der Waals surface area contributed by atoms with Crippen molar-refractivity contribution in [3.05, 3.63) is 22.8 Å². The Morgan fingerprint density at radius 3 is 3.00 bits per heavy atom. The zero-order valence-electron chi connectivity index (χ0n) is 8.69. The van der Waals surface area contributed by atoms with Gasteiger partial charge in [0.1, 0.15) is 9.63 Å². The lowest BCUT2D eigenvalue weighted by Crippen LogP contribution is -2.15. The van der Waals surface area contributed by atoms with Gasteiger partial charge in [-0.15, -0.1) is 12.4 Å². The molecule has 1 saturated heterocycles. The molecule has 2 heterocycles. The molecule has 6 heteroatoms. The number of aromatic nitrogens is 1. The van der Waals surface area contributed by atoms with E-state index in [0.29, 0.717) is 10.9 Å². The summed E-state index contributed by atoms with van der Waals surface area (Å²) in [5.41, 5.74) is 0. The molecule has 0 aromatic carbocycles. The Balaban J connectivity index is 0.00000128. The lowest BCUT2D eigenvalue weighted by atomic mass is 10.2. The largest absolute Gasteiger partial charge is 0.316 e. The van der Waals surface area contributed by atoms with Crippen LogP contribution in [-0.2, 0) is 10.8 Å². The van der Waals surface area contributed by atoms with Crippen molar-refractivity contribution >= 4 is 39.1 Å². The van der Waals surface area contributed by atoms with Gasteiger partial charge in [0.25, 0.3) is 0 Å². The van der Waals surface area contributed by atoms with Crippen LogP contribution in [0.25, 0.3) is 0 Å². The second-order valence-corrected chi connectivity index (χ2v) is 5.92. The summed E-state index contributed by atoms with van der Waals surface area (Å²) in [6, 6.07) is 5.54. The van der Waals surface area contributed by atoms with Gasteiger partial charge in [-0.1, -0.05) is 6.07 Å². The predicted octanol–water partition coefficient (Wildman–Crippen LogP) is 1.98. The Morgan fingerprint density at radius 1 is 1.56 bits per heavy atom. The first-order valence-electron chi connectivity index (χ1n) is 4.97. The van der Waals surface area contributed by atoms with Crippen molar-refractivity contribution in [3.63, 3.8) is 0 Å². The van der Waals surface area contributed by atoms with E-state index in [1.54, 1.807) is 0 Å². The first-order chi connectivity index (χ1) is 7.25. The van der Waals surface area contributed by atoms with E-state index in [9.17, 15) is 4.21 Å². The summed E-state index contributed by atoms with van der Waals surface area (Å²) < 4.78 is 12.7. The number of halogens is 2. The highest BCUT2D eigenvalue weighted by Crippen LogP contribution is 2.15. The lowest BCUT2D eigenvalue weighted by molar-refractivity contribution is 0.631. The Hall–Kier alpha value is 0.0300. The third-order valence-corrected chi connectivity index (χ3v) is 4.38. The number of rotatable bonds is 3. The molecule has 3 nitrogen and oxygen atoms in total. The van der Waals surface area contributed by atoms with Gasteiger partial charge in [0.15, 0.2) is 0 Å². The maximum atomic E-state index is 12.0. The van der Waals surface area contributed by atoms with Gasteiger partial charge in [0.05, 0.1) is 10.8 Å². The zero-order valence-corrected chi connectivity index (χ0v) is 11.9. The number of nitrogens with zero attached hydrogens (tertiary/aromatic N) is 1. The number of hydrogen-bond donors (Lipinski definition) is 1. The third-order valence-electron chi connectivity index (χ3n) is 2.47. The molecule has 0 aliphatic carbocycles. The van der Waals surface area contributed by atoms with Crippen LogP contribution < -0.4 is 5.32 Å². The quantitative estimate of drug-likeness (QED) is 0.864. The summed E-state index contributed by atoms with van der Waals surface area (Å²) >= 11 is 3.29. The van der Waals surface area contributed by atoms with Crippen LogP contribution in [0.2, 0.25) is 0 Å². The van der Waals surface area contributed by atoms with E-state index in [-0.39, 0.29) is 12.4 Å². The lowest BCUT2D eigenvalue weighted by Gasteiger charge is -2.07. The van der Waals surface area contributed by atoms with Gasteiger partial charge < -0.3 is 5.32 Å². The fourth-order valence-electron chi connectivity index (χ4n) is 1.67. The first kappa shape index (κ1) is 14.1. The minimum atomic E-state index is -0.965. The average Bonchev–Trinajstić information content (AvgIpc) is 2.70. The van der Waals surface area contributed by atoms with Crippen LogP contribution in [0.1, 0.15) is 6.42 Å².